The van der Waals surface area contributed by atoms with Crippen molar-refractivity contribution in [3.8, 4) is 5.75 Å². The van der Waals surface area contributed by atoms with E-state index in [9.17, 15) is 22.8 Å². The molecule has 2 aromatic carbocycles. The largest absolute Gasteiger partial charge is 0.493 e. The van der Waals surface area contributed by atoms with Crippen molar-refractivity contribution in [3.63, 3.8) is 0 Å². The van der Waals surface area contributed by atoms with Crippen molar-refractivity contribution in [3.05, 3.63) is 63.6 Å². The fourth-order valence-corrected chi connectivity index (χ4v) is 4.35. The first-order valence-electron chi connectivity index (χ1n) is 9.87. The van der Waals surface area contributed by atoms with Gasteiger partial charge in [0.1, 0.15) is 5.75 Å². The Morgan fingerprint density at radius 2 is 2.03 bits per heavy atom. The number of hydrogen-bond donors (Lipinski definition) is 1. The minimum absolute atomic E-state index is 0.0410. The molecule has 1 N–H and O–H groups in total. The Hall–Kier alpha value is -2.55. The first-order chi connectivity index (χ1) is 14.7. The monoisotopic (exact) mass is 496 g/mol. The molecule has 0 bridgehead atoms. The van der Waals surface area contributed by atoms with Gasteiger partial charge in [-0.05, 0) is 35.9 Å². The van der Waals surface area contributed by atoms with Crippen LogP contribution in [0.25, 0.3) is 0 Å². The van der Waals surface area contributed by atoms with E-state index in [0.717, 1.165) is 22.2 Å². The summed E-state index contributed by atoms with van der Waals surface area (Å²) in [6, 6.07) is 10.3. The van der Waals surface area contributed by atoms with Gasteiger partial charge in [0.05, 0.1) is 24.1 Å². The summed E-state index contributed by atoms with van der Waals surface area (Å²) in [6.45, 7) is 0.694. The number of hydrogen-bond acceptors (Lipinski definition) is 3. The fourth-order valence-electron chi connectivity index (χ4n) is 3.97. The number of alkyl halides is 3. The molecule has 2 aliphatic heterocycles. The number of fused-ring (bicyclic) bond motifs is 1. The van der Waals surface area contributed by atoms with E-state index in [2.05, 4.69) is 21.2 Å². The van der Waals surface area contributed by atoms with Crippen molar-refractivity contribution in [2.45, 2.75) is 31.6 Å². The van der Waals surface area contributed by atoms with Gasteiger partial charge in [0.2, 0.25) is 11.8 Å². The number of halogens is 4. The summed E-state index contributed by atoms with van der Waals surface area (Å²) in [7, 11) is 0. The summed E-state index contributed by atoms with van der Waals surface area (Å²) in [5.41, 5.74) is 0.502. The molecule has 31 heavy (non-hydrogen) atoms. The molecule has 0 aromatic heterocycles. The third-order valence-corrected chi connectivity index (χ3v) is 6.03. The summed E-state index contributed by atoms with van der Waals surface area (Å²) in [5, 5.41) is 3.01. The predicted molar refractivity (Wildman–Crippen MR) is 110 cm³/mol. The maximum absolute atomic E-state index is 12.9. The molecule has 2 atom stereocenters. The van der Waals surface area contributed by atoms with Crippen LogP contribution in [-0.2, 0) is 22.3 Å². The molecule has 2 amide bonds. The van der Waals surface area contributed by atoms with Gasteiger partial charge in [-0.1, -0.05) is 28.1 Å². The number of nitrogens with one attached hydrogen (secondary N) is 1. The summed E-state index contributed by atoms with van der Waals surface area (Å²) in [4.78, 5) is 26.7. The van der Waals surface area contributed by atoms with Gasteiger partial charge < -0.3 is 15.0 Å². The van der Waals surface area contributed by atoms with Gasteiger partial charge in [-0.3, -0.25) is 9.59 Å². The zero-order chi connectivity index (χ0) is 22.2. The first kappa shape index (κ1) is 21.7. The molecule has 0 spiro atoms. The molecule has 0 aliphatic carbocycles. The summed E-state index contributed by atoms with van der Waals surface area (Å²) in [5.74, 6) is -0.310. The Morgan fingerprint density at radius 1 is 1.23 bits per heavy atom. The van der Waals surface area contributed by atoms with Gasteiger partial charge in [0.25, 0.3) is 0 Å². The summed E-state index contributed by atoms with van der Waals surface area (Å²) in [6.07, 6.45) is -3.79. The Labute approximate surface area is 185 Å². The molecule has 2 aromatic rings. The fraction of sp³-hybridized carbons (Fsp3) is 0.364. The zero-order valence-corrected chi connectivity index (χ0v) is 18.0. The number of carbonyl (C=O) groups is 2. The maximum Gasteiger partial charge on any atom is 0.416 e. The van der Waals surface area contributed by atoms with Gasteiger partial charge >= 0.3 is 6.18 Å². The number of rotatable bonds is 4. The molecular weight excluding hydrogens is 477 g/mol. The van der Waals surface area contributed by atoms with Gasteiger partial charge in [-0.15, -0.1) is 0 Å². The second-order valence-electron chi connectivity index (χ2n) is 7.75. The highest BCUT2D eigenvalue weighted by molar-refractivity contribution is 9.10. The lowest BCUT2D eigenvalue weighted by atomic mass is 9.99. The van der Waals surface area contributed by atoms with E-state index in [1.54, 1.807) is 6.07 Å². The van der Waals surface area contributed by atoms with Gasteiger partial charge in [-0.25, -0.2) is 0 Å². The smallest absolute Gasteiger partial charge is 0.416 e. The van der Waals surface area contributed by atoms with Crippen LogP contribution in [0.2, 0.25) is 0 Å². The Morgan fingerprint density at radius 3 is 2.81 bits per heavy atom. The van der Waals surface area contributed by atoms with Crippen molar-refractivity contribution in [2.24, 2.45) is 5.92 Å². The molecule has 4 rings (SSSR count). The minimum atomic E-state index is -4.44. The van der Waals surface area contributed by atoms with E-state index in [1.807, 2.05) is 18.2 Å². The molecule has 9 heteroatoms. The molecule has 2 aliphatic rings. The lowest BCUT2D eigenvalue weighted by Crippen LogP contribution is -2.37. The van der Waals surface area contributed by atoms with Gasteiger partial charge in [-0.2, -0.15) is 13.2 Å². The highest BCUT2D eigenvalue weighted by Crippen LogP contribution is 2.35. The number of benzene rings is 2. The number of carbonyl (C=O) groups excluding carboxylic acids is 2. The second-order valence-corrected chi connectivity index (χ2v) is 8.67. The van der Waals surface area contributed by atoms with E-state index in [0.29, 0.717) is 24.3 Å². The van der Waals surface area contributed by atoms with Crippen LogP contribution in [0, 0.1) is 5.92 Å². The van der Waals surface area contributed by atoms with Crippen molar-refractivity contribution in [1.29, 1.82) is 0 Å². The molecule has 5 nitrogen and oxygen atoms in total. The van der Waals surface area contributed by atoms with E-state index >= 15 is 0 Å². The highest BCUT2D eigenvalue weighted by atomic mass is 79.9. The second kappa shape index (κ2) is 8.53. The van der Waals surface area contributed by atoms with Crippen LogP contribution in [-0.4, -0.2) is 29.9 Å². The highest BCUT2D eigenvalue weighted by Gasteiger charge is 2.36. The van der Waals surface area contributed by atoms with Gasteiger partial charge in [0.15, 0.2) is 0 Å². The van der Waals surface area contributed by atoms with Crippen LogP contribution in [0.4, 0.5) is 13.2 Å². The Bertz CT molecular complexity index is 1010. The lowest BCUT2D eigenvalue weighted by molar-refractivity contribution is -0.137. The van der Waals surface area contributed by atoms with E-state index in [1.165, 1.54) is 11.0 Å². The average Bonchev–Trinajstić information content (AvgIpc) is 3.08. The number of likely N-dealkylation sites (tertiary alicyclic amines) is 1. The molecule has 2 heterocycles. The Balaban J connectivity index is 1.41. The van der Waals surface area contributed by atoms with Crippen LogP contribution in [0.3, 0.4) is 0 Å². The SMILES string of the molecule is O=C(NC1CCOc2ccc(Br)cc21)C1CC(=O)N(Cc2cccc(C(F)(F)F)c2)C1. The van der Waals surface area contributed by atoms with Crippen LogP contribution in [0.1, 0.15) is 35.6 Å². The molecule has 0 saturated carbocycles. The topological polar surface area (TPSA) is 58.6 Å². The average molecular weight is 497 g/mol. The van der Waals surface area contributed by atoms with Crippen molar-refractivity contribution in [1.82, 2.24) is 10.2 Å². The number of ether oxygens (including phenoxy) is 1. The summed E-state index contributed by atoms with van der Waals surface area (Å²) < 4.78 is 45.3. The molecule has 0 radical (unpaired) electrons. The quantitative estimate of drug-likeness (QED) is 0.679. The molecular formula is C22H20BrF3N2O3. The van der Waals surface area contributed by atoms with Gasteiger partial charge in [0, 0.05) is 36.0 Å². The van der Waals surface area contributed by atoms with Crippen LogP contribution < -0.4 is 10.1 Å². The predicted octanol–water partition coefficient (Wildman–Crippen LogP) is 4.46. The molecule has 1 saturated heterocycles. The zero-order valence-electron chi connectivity index (χ0n) is 16.4. The van der Waals surface area contributed by atoms with Crippen LogP contribution in [0.5, 0.6) is 5.75 Å². The van der Waals surface area contributed by atoms with E-state index in [-0.39, 0.29) is 37.4 Å². The van der Waals surface area contributed by atoms with E-state index in [4.69, 9.17) is 4.74 Å². The normalized spacial score (nSPS) is 20.9. The first-order valence-corrected chi connectivity index (χ1v) is 10.7. The lowest BCUT2D eigenvalue weighted by Gasteiger charge is -2.28. The van der Waals surface area contributed by atoms with Crippen molar-refractivity contribution in [2.75, 3.05) is 13.2 Å². The number of nitrogens with zero attached hydrogens (tertiary/aromatic N) is 1. The standard InChI is InChI=1S/C22H20BrF3N2O3/c23-16-4-5-19-17(10-16)18(6-7-31-19)27-21(30)14-9-20(29)28(12-14)11-13-2-1-3-15(8-13)22(24,25)26/h1-5,8,10,14,18H,6-7,9,11-12H2,(H,27,30). The molecule has 1 fully saturated rings. The summed E-state index contributed by atoms with van der Waals surface area (Å²) >= 11 is 3.42. The van der Waals surface area contributed by atoms with Crippen LogP contribution >= 0.6 is 15.9 Å². The third kappa shape index (κ3) is 4.87. The minimum Gasteiger partial charge on any atom is -0.493 e. The molecule has 164 valence electrons. The molecule has 2 unspecified atom stereocenters. The Kier molecular flexibility index (Phi) is 5.96. The van der Waals surface area contributed by atoms with E-state index < -0.39 is 17.7 Å². The van der Waals surface area contributed by atoms with Crippen molar-refractivity contribution < 1.29 is 27.5 Å². The third-order valence-electron chi connectivity index (χ3n) is 5.54. The number of amides is 2. The van der Waals surface area contributed by atoms with Crippen LogP contribution in [0.15, 0.2) is 46.9 Å². The maximum atomic E-state index is 12.9. The van der Waals surface area contributed by atoms with Crippen molar-refractivity contribution >= 4 is 27.7 Å².